The van der Waals surface area contributed by atoms with Crippen molar-refractivity contribution in [3.05, 3.63) is 35.6 Å². The van der Waals surface area contributed by atoms with E-state index in [0.717, 1.165) is 18.4 Å². The highest BCUT2D eigenvalue weighted by Crippen LogP contribution is 2.32. The molecule has 1 atom stereocenters. The lowest BCUT2D eigenvalue weighted by atomic mass is 9.97. The fraction of sp³-hybridized carbons (Fsp3) is 0.588. The number of hydrogen-bond donors (Lipinski definition) is 2. The van der Waals surface area contributed by atoms with Gasteiger partial charge in [-0.3, -0.25) is 4.79 Å². The fourth-order valence-corrected chi connectivity index (χ4v) is 3.09. The summed E-state index contributed by atoms with van der Waals surface area (Å²) in [5.41, 5.74) is -0.0128. The Morgan fingerprint density at radius 2 is 2.09 bits per heavy atom. The highest BCUT2D eigenvalue weighted by molar-refractivity contribution is 5.77. The number of rotatable bonds is 6. The van der Waals surface area contributed by atoms with Crippen molar-refractivity contribution < 1.29 is 14.3 Å². The van der Waals surface area contributed by atoms with Crippen LogP contribution in [0.5, 0.6) is 0 Å². The van der Waals surface area contributed by atoms with Crippen LogP contribution in [-0.2, 0) is 4.79 Å². The standard InChI is InChI=1S/C17H25FN2O2/c1-20(2)15(13-6-5-7-14(18)10-13)12-19-16(21)11-17(22)8-3-4-9-17/h5-7,10,15,22H,3-4,8-9,11-12H2,1-2H3,(H,19,21). The van der Waals surface area contributed by atoms with Crippen LogP contribution in [0.1, 0.15) is 43.7 Å². The molecule has 4 nitrogen and oxygen atoms in total. The number of hydrogen-bond acceptors (Lipinski definition) is 3. The molecule has 22 heavy (non-hydrogen) atoms. The van der Waals surface area contributed by atoms with E-state index in [-0.39, 0.29) is 24.2 Å². The molecule has 1 aromatic carbocycles. The molecule has 0 saturated heterocycles. The number of likely N-dealkylation sites (N-methyl/N-ethyl adjacent to an activating group) is 1. The average Bonchev–Trinajstić information content (AvgIpc) is 2.85. The van der Waals surface area contributed by atoms with E-state index in [1.165, 1.54) is 12.1 Å². The molecule has 0 radical (unpaired) electrons. The Bertz CT molecular complexity index is 513. The van der Waals surface area contributed by atoms with Crippen molar-refractivity contribution >= 4 is 5.91 Å². The van der Waals surface area contributed by atoms with Crippen LogP contribution < -0.4 is 5.32 Å². The Hall–Kier alpha value is -1.46. The Morgan fingerprint density at radius 3 is 2.68 bits per heavy atom. The van der Waals surface area contributed by atoms with Gasteiger partial charge in [0.1, 0.15) is 5.82 Å². The maximum atomic E-state index is 13.4. The second kappa shape index (κ2) is 7.20. The molecule has 2 N–H and O–H groups in total. The summed E-state index contributed by atoms with van der Waals surface area (Å²) in [6.45, 7) is 0.394. The third-order valence-corrected chi connectivity index (χ3v) is 4.37. The van der Waals surface area contributed by atoms with Crippen molar-refractivity contribution in [2.75, 3.05) is 20.6 Å². The van der Waals surface area contributed by atoms with Crippen LogP contribution >= 0.6 is 0 Å². The van der Waals surface area contributed by atoms with Crippen molar-refractivity contribution in [1.82, 2.24) is 10.2 Å². The van der Waals surface area contributed by atoms with Crippen LogP contribution in [0.25, 0.3) is 0 Å². The summed E-state index contributed by atoms with van der Waals surface area (Å²) in [5, 5.41) is 13.1. The van der Waals surface area contributed by atoms with Crippen molar-refractivity contribution in [2.45, 2.75) is 43.7 Å². The molecule has 1 fully saturated rings. The van der Waals surface area contributed by atoms with Crippen LogP contribution in [0.4, 0.5) is 4.39 Å². The van der Waals surface area contributed by atoms with Gasteiger partial charge in [-0.05, 0) is 44.6 Å². The van der Waals surface area contributed by atoms with E-state index in [4.69, 9.17) is 0 Å². The molecule has 0 spiro atoms. The third kappa shape index (κ3) is 4.52. The Balaban J connectivity index is 1.93. The van der Waals surface area contributed by atoms with Crippen LogP contribution in [0.2, 0.25) is 0 Å². The van der Waals surface area contributed by atoms with Gasteiger partial charge in [0.05, 0.1) is 18.1 Å². The van der Waals surface area contributed by atoms with Gasteiger partial charge in [-0.25, -0.2) is 4.39 Å². The van der Waals surface area contributed by atoms with Gasteiger partial charge < -0.3 is 15.3 Å². The summed E-state index contributed by atoms with van der Waals surface area (Å²) in [7, 11) is 3.79. The zero-order valence-corrected chi connectivity index (χ0v) is 13.3. The first-order valence-electron chi connectivity index (χ1n) is 7.81. The van der Waals surface area contributed by atoms with E-state index in [0.29, 0.717) is 19.4 Å². The minimum Gasteiger partial charge on any atom is -0.389 e. The molecule has 1 amide bonds. The van der Waals surface area contributed by atoms with Gasteiger partial charge in [0.2, 0.25) is 5.91 Å². The number of carbonyl (C=O) groups is 1. The topological polar surface area (TPSA) is 52.6 Å². The maximum Gasteiger partial charge on any atom is 0.222 e. The number of nitrogens with one attached hydrogen (secondary N) is 1. The van der Waals surface area contributed by atoms with Gasteiger partial charge in [-0.1, -0.05) is 25.0 Å². The number of aliphatic hydroxyl groups is 1. The van der Waals surface area contributed by atoms with Crippen molar-refractivity contribution in [2.24, 2.45) is 0 Å². The smallest absolute Gasteiger partial charge is 0.222 e. The summed E-state index contributed by atoms with van der Waals surface area (Å²) in [4.78, 5) is 14.0. The van der Waals surface area contributed by atoms with Gasteiger partial charge in [0.25, 0.3) is 0 Å². The van der Waals surface area contributed by atoms with E-state index >= 15 is 0 Å². The van der Waals surface area contributed by atoms with Gasteiger partial charge in [0, 0.05) is 6.54 Å². The normalized spacial score (nSPS) is 18.4. The molecular weight excluding hydrogens is 283 g/mol. The average molecular weight is 308 g/mol. The molecule has 1 unspecified atom stereocenters. The van der Waals surface area contributed by atoms with Crippen molar-refractivity contribution in [3.63, 3.8) is 0 Å². The first-order chi connectivity index (χ1) is 10.4. The van der Waals surface area contributed by atoms with Crippen molar-refractivity contribution in [3.8, 4) is 0 Å². The summed E-state index contributed by atoms with van der Waals surface area (Å²) in [6.07, 6.45) is 3.50. The van der Waals surface area contributed by atoms with Crippen molar-refractivity contribution in [1.29, 1.82) is 0 Å². The van der Waals surface area contributed by atoms with Gasteiger partial charge >= 0.3 is 0 Å². The predicted octanol–water partition coefficient (Wildman–Crippen LogP) is 2.24. The number of halogens is 1. The zero-order valence-electron chi connectivity index (χ0n) is 13.3. The molecule has 1 aliphatic rings. The van der Waals surface area contributed by atoms with Gasteiger partial charge in [-0.15, -0.1) is 0 Å². The monoisotopic (exact) mass is 308 g/mol. The quantitative estimate of drug-likeness (QED) is 0.847. The summed E-state index contributed by atoms with van der Waals surface area (Å²) in [6, 6.07) is 6.32. The van der Waals surface area contributed by atoms with Gasteiger partial charge in [-0.2, -0.15) is 0 Å². The first-order valence-corrected chi connectivity index (χ1v) is 7.81. The lowest BCUT2D eigenvalue weighted by Gasteiger charge is -2.26. The molecular formula is C17H25FN2O2. The largest absolute Gasteiger partial charge is 0.389 e. The number of carbonyl (C=O) groups excluding carboxylic acids is 1. The second-order valence-corrected chi connectivity index (χ2v) is 6.45. The van der Waals surface area contributed by atoms with Crippen LogP contribution in [0.15, 0.2) is 24.3 Å². The highest BCUT2D eigenvalue weighted by Gasteiger charge is 2.33. The molecule has 1 saturated carbocycles. The molecule has 0 aromatic heterocycles. The highest BCUT2D eigenvalue weighted by atomic mass is 19.1. The van der Waals surface area contributed by atoms with Crippen LogP contribution in [0, 0.1) is 5.82 Å². The molecule has 122 valence electrons. The molecule has 1 aliphatic carbocycles. The van der Waals surface area contributed by atoms with E-state index in [1.807, 2.05) is 25.1 Å². The molecule has 2 rings (SSSR count). The van der Waals surface area contributed by atoms with E-state index in [9.17, 15) is 14.3 Å². The van der Waals surface area contributed by atoms with Crippen LogP contribution in [0.3, 0.4) is 0 Å². The minimum atomic E-state index is -0.837. The minimum absolute atomic E-state index is 0.0992. The molecule has 0 aliphatic heterocycles. The predicted molar refractivity (Wildman–Crippen MR) is 83.9 cm³/mol. The SMILES string of the molecule is CN(C)C(CNC(=O)CC1(O)CCCC1)c1cccc(F)c1. The molecule has 1 aromatic rings. The lowest BCUT2D eigenvalue weighted by molar-refractivity contribution is -0.126. The molecule has 0 bridgehead atoms. The third-order valence-electron chi connectivity index (χ3n) is 4.37. The summed E-state index contributed by atoms with van der Waals surface area (Å²) >= 11 is 0. The van der Waals surface area contributed by atoms with E-state index in [2.05, 4.69) is 5.32 Å². The Kier molecular flexibility index (Phi) is 5.53. The lowest BCUT2D eigenvalue weighted by Crippen LogP contribution is -2.38. The number of benzene rings is 1. The van der Waals surface area contributed by atoms with Gasteiger partial charge in [0.15, 0.2) is 0 Å². The summed E-state index contributed by atoms with van der Waals surface area (Å²) in [5.74, 6) is -0.427. The number of amides is 1. The Labute approximate surface area is 131 Å². The molecule has 0 heterocycles. The first kappa shape index (κ1) is 16.9. The van der Waals surface area contributed by atoms with Crippen LogP contribution in [-0.4, -0.2) is 42.2 Å². The fourth-order valence-electron chi connectivity index (χ4n) is 3.09. The zero-order chi connectivity index (χ0) is 16.2. The Morgan fingerprint density at radius 1 is 1.41 bits per heavy atom. The second-order valence-electron chi connectivity index (χ2n) is 6.45. The van der Waals surface area contributed by atoms with E-state index in [1.54, 1.807) is 6.07 Å². The molecule has 5 heteroatoms. The maximum absolute atomic E-state index is 13.4. The number of nitrogens with zero attached hydrogens (tertiary/aromatic N) is 1. The summed E-state index contributed by atoms with van der Waals surface area (Å²) < 4.78 is 13.4. The van der Waals surface area contributed by atoms with E-state index < -0.39 is 5.60 Å².